The average Bonchev–Trinajstić information content (AvgIpc) is 2.81. The van der Waals surface area contributed by atoms with Gasteiger partial charge in [-0.1, -0.05) is 36.4 Å². The maximum atomic E-state index is 13.0. The third-order valence-electron chi connectivity index (χ3n) is 4.39. The van der Waals surface area contributed by atoms with E-state index in [0.717, 1.165) is 0 Å². The molecule has 6 nitrogen and oxygen atoms in total. The van der Waals surface area contributed by atoms with Crippen LogP contribution in [0.25, 0.3) is 6.08 Å². The van der Waals surface area contributed by atoms with Crippen LogP contribution in [0.2, 0.25) is 0 Å². The van der Waals surface area contributed by atoms with Gasteiger partial charge < -0.3 is 20.1 Å². The molecule has 0 heterocycles. The van der Waals surface area contributed by atoms with Crippen LogP contribution in [0.15, 0.2) is 84.6 Å². The molecule has 0 fully saturated rings. The number of carbonyl (C=O) groups is 2. The molecule has 0 saturated heterocycles. The molecule has 3 aromatic rings. The number of benzene rings is 3. The van der Waals surface area contributed by atoms with Crippen molar-refractivity contribution in [1.29, 1.82) is 0 Å². The highest BCUT2D eigenvalue weighted by Gasteiger charge is 2.16. The van der Waals surface area contributed by atoms with Crippen molar-refractivity contribution < 1.29 is 19.1 Å². The maximum absolute atomic E-state index is 13.0. The zero-order valence-electron chi connectivity index (χ0n) is 17.4. The first-order valence-electron chi connectivity index (χ1n) is 9.86. The highest BCUT2D eigenvalue weighted by Crippen LogP contribution is 2.21. The Kier molecular flexibility index (Phi) is 7.43. The zero-order chi connectivity index (χ0) is 22.1. The molecule has 3 aromatic carbocycles. The Balaban J connectivity index is 1.88. The molecule has 0 saturated carbocycles. The fourth-order valence-electron chi connectivity index (χ4n) is 2.88. The quantitative estimate of drug-likeness (QED) is 0.530. The van der Waals surface area contributed by atoms with Gasteiger partial charge >= 0.3 is 0 Å². The standard InChI is InChI=1S/C25H24N2O4/c1-3-31-21-15-13-20(14-16-21)26-25(29)22(17-19-11-7-8-12-23(19)30-2)27-24(28)18-9-5-4-6-10-18/h4-17H,3H2,1-2H3,(H,26,29)(H,27,28)/b22-17-. The molecule has 0 unspecified atom stereocenters. The Labute approximate surface area is 181 Å². The molecule has 158 valence electrons. The topological polar surface area (TPSA) is 76.7 Å². The molecule has 3 rings (SSSR count). The van der Waals surface area contributed by atoms with Crippen LogP contribution in [0.3, 0.4) is 0 Å². The molecule has 0 atom stereocenters. The van der Waals surface area contributed by atoms with Gasteiger partial charge in [-0.15, -0.1) is 0 Å². The lowest BCUT2D eigenvalue weighted by Gasteiger charge is -2.13. The lowest BCUT2D eigenvalue weighted by Crippen LogP contribution is -2.30. The average molecular weight is 416 g/mol. The third kappa shape index (κ3) is 5.96. The molecule has 2 amide bonds. The minimum atomic E-state index is -0.459. The molecule has 0 aliphatic heterocycles. The fraction of sp³-hybridized carbons (Fsp3) is 0.120. The number of hydrogen-bond acceptors (Lipinski definition) is 4. The number of rotatable bonds is 8. The monoisotopic (exact) mass is 416 g/mol. The molecule has 0 spiro atoms. The van der Waals surface area contributed by atoms with E-state index in [-0.39, 0.29) is 11.6 Å². The minimum Gasteiger partial charge on any atom is -0.496 e. The SMILES string of the molecule is CCOc1ccc(NC(=O)/C(=C/c2ccccc2OC)NC(=O)c2ccccc2)cc1. The second-order valence-corrected chi connectivity index (χ2v) is 6.53. The molecule has 0 bridgehead atoms. The van der Waals surface area contributed by atoms with Crippen LogP contribution in [0.1, 0.15) is 22.8 Å². The Morgan fingerprint density at radius 3 is 2.26 bits per heavy atom. The number of amides is 2. The molecule has 0 aromatic heterocycles. The zero-order valence-corrected chi connectivity index (χ0v) is 17.4. The Hall–Kier alpha value is -4.06. The second-order valence-electron chi connectivity index (χ2n) is 6.53. The van der Waals surface area contributed by atoms with Gasteiger partial charge in [-0.05, 0) is 55.5 Å². The molecule has 6 heteroatoms. The molecular weight excluding hydrogens is 392 g/mol. The Bertz CT molecular complexity index is 1060. The van der Waals surface area contributed by atoms with Gasteiger partial charge in [0.1, 0.15) is 17.2 Å². The summed E-state index contributed by atoms with van der Waals surface area (Å²) in [6.07, 6.45) is 1.59. The van der Waals surface area contributed by atoms with Crippen molar-refractivity contribution in [3.63, 3.8) is 0 Å². The molecule has 0 radical (unpaired) electrons. The van der Waals surface area contributed by atoms with E-state index in [1.54, 1.807) is 73.8 Å². The molecule has 0 aliphatic carbocycles. The number of ether oxygens (including phenoxy) is 2. The number of carbonyl (C=O) groups excluding carboxylic acids is 2. The Morgan fingerprint density at radius 2 is 1.58 bits per heavy atom. The van der Waals surface area contributed by atoms with Gasteiger partial charge in [0.25, 0.3) is 11.8 Å². The van der Waals surface area contributed by atoms with Gasteiger partial charge in [0.05, 0.1) is 13.7 Å². The van der Waals surface area contributed by atoms with E-state index < -0.39 is 5.91 Å². The lowest BCUT2D eigenvalue weighted by atomic mass is 10.1. The summed E-state index contributed by atoms with van der Waals surface area (Å²) in [5, 5.41) is 5.52. The van der Waals surface area contributed by atoms with Crippen molar-refractivity contribution in [2.24, 2.45) is 0 Å². The largest absolute Gasteiger partial charge is 0.496 e. The van der Waals surface area contributed by atoms with Crippen molar-refractivity contribution in [3.05, 3.63) is 95.7 Å². The van der Waals surface area contributed by atoms with Gasteiger partial charge in [0.2, 0.25) is 0 Å². The molecule has 2 N–H and O–H groups in total. The fourth-order valence-corrected chi connectivity index (χ4v) is 2.88. The van der Waals surface area contributed by atoms with Crippen molar-refractivity contribution in [2.75, 3.05) is 19.0 Å². The second kappa shape index (κ2) is 10.6. The maximum Gasteiger partial charge on any atom is 0.272 e. The van der Waals surface area contributed by atoms with Crippen LogP contribution in [-0.2, 0) is 4.79 Å². The van der Waals surface area contributed by atoms with Crippen LogP contribution in [0.4, 0.5) is 5.69 Å². The van der Waals surface area contributed by atoms with Gasteiger partial charge in [-0.25, -0.2) is 0 Å². The van der Waals surface area contributed by atoms with Crippen LogP contribution >= 0.6 is 0 Å². The van der Waals surface area contributed by atoms with Gasteiger partial charge in [-0.3, -0.25) is 9.59 Å². The van der Waals surface area contributed by atoms with E-state index in [1.165, 1.54) is 0 Å². The van der Waals surface area contributed by atoms with Crippen molar-refractivity contribution >= 4 is 23.6 Å². The van der Waals surface area contributed by atoms with Gasteiger partial charge in [0.15, 0.2) is 0 Å². The van der Waals surface area contributed by atoms with Crippen molar-refractivity contribution in [1.82, 2.24) is 5.32 Å². The molecular formula is C25H24N2O4. The van der Waals surface area contributed by atoms with E-state index >= 15 is 0 Å². The summed E-state index contributed by atoms with van der Waals surface area (Å²) < 4.78 is 10.8. The number of nitrogens with one attached hydrogen (secondary N) is 2. The lowest BCUT2D eigenvalue weighted by molar-refractivity contribution is -0.113. The van der Waals surface area contributed by atoms with Crippen LogP contribution in [0.5, 0.6) is 11.5 Å². The van der Waals surface area contributed by atoms with Gasteiger partial charge in [0, 0.05) is 16.8 Å². The van der Waals surface area contributed by atoms with Crippen LogP contribution in [0, 0.1) is 0 Å². The Morgan fingerprint density at radius 1 is 0.903 bits per heavy atom. The highest BCUT2D eigenvalue weighted by molar-refractivity contribution is 6.10. The predicted octanol–water partition coefficient (Wildman–Crippen LogP) is 4.50. The summed E-state index contributed by atoms with van der Waals surface area (Å²) in [4.78, 5) is 25.7. The summed E-state index contributed by atoms with van der Waals surface area (Å²) >= 11 is 0. The first-order chi connectivity index (χ1) is 15.1. The number of hydrogen-bond donors (Lipinski definition) is 2. The van der Waals surface area contributed by atoms with Crippen LogP contribution in [-0.4, -0.2) is 25.5 Å². The first kappa shape index (κ1) is 21.6. The summed E-state index contributed by atoms with van der Waals surface area (Å²) in [5.74, 6) is 0.452. The summed E-state index contributed by atoms with van der Waals surface area (Å²) in [5.41, 5.74) is 1.78. The predicted molar refractivity (Wildman–Crippen MR) is 121 cm³/mol. The summed E-state index contributed by atoms with van der Waals surface area (Å²) in [6.45, 7) is 2.46. The summed E-state index contributed by atoms with van der Waals surface area (Å²) in [6, 6.07) is 23.0. The number of methoxy groups -OCH3 is 1. The number of anilines is 1. The highest BCUT2D eigenvalue weighted by atomic mass is 16.5. The van der Waals surface area contributed by atoms with E-state index in [9.17, 15) is 9.59 Å². The normalized spacial score (nSPS) is 10.8. The van der Waals surface area contributed by atoms with Crippen molar-refractivity contribution in [3.8, 4) is 11.5 Å². The van der Waals surface area contributed by atoms with E-state index in [0.29, 0.717) is 34.9 Å². The summed E-state index contributed by atoms with van der Waals surface area (Å²) in [7, 11) is 1.55. The smallest absolute Gasteiger partial charge is 0.272 e. The van der Waals surface area contributed by atoms with Crippen LogP contribution < -0.4 is 20.1 Å². The first-order valence-corrected chi connectivity index (χ1v) is 9.86. The minimum absolute atomic E-state index is 0.0900. The molecule has 31 heavy (non-hydrogen) atoms. The van der Waals surface area contributed by atoms with Crippen molar-refractivity contribution in [2.45, 2.75) is 6.92 Å². The third-order valence-corrected chi connectivity index (χ3v) is 4.39. The number of para-hydroxylation sites is 1. The van der Waals surface area contributed by atoms with E-state index in [1.807, 2.05) is 25.1 Å². The molecule has 0 aliphatic rings. The van der Waals surface area contributed by atoms with E-state index in [4.69, 9.17) is 9.47 Å². The van der Waals surface area contributed by atoms with E-state index in [2.05, 4.69) is 10.6 Å². The van der Waals surface area contributed by atoms with Gasteiger partial charge in [-0.2, -0.15) is 0 Å².